The van der Waals surface area contributed by atoms with Crippen LogP contribution in [0.15, 0.2) is 67.0 Å². The second kappa shape index (κ2) is 10.7. The van der Waals surface area contributed by atoms with Gasteiger partial charge in [0.25, 0.3) is 5.91 Å². The molecule has 1 aliphatic rings. The number of H-pyrrole nitrogens is 1. The van der Waals surface area contributed by atoms with Crippen LogP contribution in [0.1, 0.15) is 36.2 Å². The Morgan fingerprint density at radius 2 is 1.73 bits per heavy atom. The summed E-state index contributed by atoms with van der Waals surface area (Å²) in [4.78, 5) is 13.4. The minimum absolute atomic E-state index is 0.0342. The summed E-state index contributed by atoms with van der Waals surface area (Å²) in [5.41, 5.74) is -2.30. The number of tetrazole rings is 1. The highest BCUT2D eigenvalue weighted by Gasteiger charge is 2.59. The molecule has 0 aliphatic carbocycles. The first-order chi connectivity index (χ1) is 19.5. The van der Waals surface area contributed by atoms with Crippen molar-refractivity contribution in [2.24, 2.45) is 0 Å². The van der Waals surface area contributed by atoms with E-state index in [-0.39, 0.29) is 41.3 Å². The standard InChI is InChI=1S/C26H21F6N7O2/c27-25(28,29)11-1-14-41-19-9-5-17(6-10-19)24(26(30,31)32)15-20(21(23(40)34-24)22-35-37-38-36-22)16-3-7-18(8-4-16)39-13-2-12-33-39/h2-10,12-13H,1,11,14-15H2,(H,34,40)(H,35,36,37,38). The van der Waals surface area contributed by atoms with Crippen molar-refractivity contribution in [2.45, 2.75) is 37.2 Å². The molecule has 1 amide bonds. The first-order valence-corrected chi connectivity index (χ1v) is 12.2. The zero-order valence-electron chi connectivity index (χ0n) is 21.0. The topological polar surface area (TPSA) is 111 Å². The van der Waals surface area contributed by atoms with E-state index in [1.165, 1.54) is 12.1 Å². The first-order valence-electron chi connectivity index (χ1n) is 12.2. The minimum atomic E-state index is -4.96. The molecule has 2 aromatic carbocycles. The average molecular weight is 577 g/mol. The number of carbonyl (C=O) groups excluding carboxylic acids is 1. The fraction of sp³-hybridized carbons (Fsp3) is 0.269. The van der Waals surface area contributed by atoms with Gasteiger partial charge in [0.2, 0.25) is 5.82 Å². The Morgan fingerprint density at radius 3 is 2.32 bits per heavy atom. The molecule has 5 rings (SSSR count). The van der Waals surface area contributed by atoms with Crippen LogP contribution in [0.25, 0.3) is 16.8 Å². The van der Waals surface area contributed by atoms with E-state index in [1.54, 1.807) is 47.4 Å². The van der Waals surface area contributed by atoms with E-state index < -0.39 is 36.6 Å². The average Bonchev–Trinajstić information content (AvgIpc) is 3.65. The van der Waals surface area contributed by atoms with E-state index >= 15 is 0 Å². The summed E-state index contributed by atoms with van der Waals surface area (Å²) in [6.07, 6.45) is -8.08. The first kappa shape index (κ1) is 27.9. The molecular weight excluding hydrogens is 556 g/mol. The van der Waals surface area contributed by atoms with Gasteiger partial charge < -0.3 is 10.1 Å². The molecule has 0 spiro atoms. The molecular formula is C26H21F6N7O2. The zero-order valence-corrected chi connectivity index (χ0v) is 21.0. The SMILES string of the molecule is O=C1NC(c2ccc(OCCCC(F)(F)F)cc2)(C(F)(F)F)CC(c2ccc(-n3cccn3)cc2)=C1c1nn[nH]n1. The van der Waals surface area contributed by atoms with Gasteiger partial charge in [0.15, 0.2) is 5.54 Å². The molecule has 0 bridgehead atoms. The van der Waals surface area contributed by atoms with Crippen molar-refractivity contribution in [1.82, 2.24) is 35.7 Å². The molecule has 1 atom stereocenters. The van der Waals surface area contributed by atoms with Crippen LogP contribution < -0.4 is 10.1 Å². The molecule has 1 unspecified atom stereocenters. The van der Waals surface area contributed by atoms with E-state index in [4.69, 9.17) is 4.74 Å². The van der Waals surface area contributed by atoms with E-state index in [1.807, 2.05) is 0 Å². The molecule has 0 saturated carbocycles. The number of amides is 1. The second-order valence-corrected chi connectivity index (χ2v) is 9.21. The maximum absolute atomic E-state index is 14.9. The third-order valence-electron chi connectivity index (χ3n) is 6.56. The number of ether oxygens (including phenoxy) is 1. The van der Waals surface area contributed by atoms with Gasteiger partial charge in [-0.15, -0.1) is 10.2 Å². The lowest BCUT2D eigenvalue weighted by Crippen LogP contribution is -2.58. The smallest absolute Gasteiger partial charge is 0.416 e. The number of benzene rings is 2. The summed E-state index contributed by atoms with van der Waals surface area (Å²) in [5, 5.41) is 19.6. The van der Waals surface area contributed by atoms with Crippen LogP contribution in [0.5, 0.6) is 5.75 Å². The lowest BCUT2D eigenvalue weighted by atomic mass is 9.76. The summed E-state index contributed by atoms with van der Waals surface area (Å²) in [5.74, 6) is -1.14. The molecule has 4 aromatic rings. The number of halogens is 6. The van der Waals surface area contributed by atoms with Crippen molar-refractivity contribution in [1.29, 1.82) is 0 Å². The number of alkyl halides is 6. The number of nitrogens with zero attached hydrogens (tertiary/aromatic N) is 5. The van der Waals surface area contributed by atoms with Crippen molar-refractivity contribution >= 4 is 17.1 Å². The van der Waals surface area contributed by atoms with Crippen LogP contribution in [0.3, 0.4) is 0 Å². The van der Waals surface area contributed by atoms with Crippen LogP contribution in [0.2, 0.25) is 0 Å². The molecule has 214 valence electrons. The summed E-state index contributed by atoms with van der Waals surface area (Å²) in [6, 6.07) is 12.9. The monoisotopic (exact) mass is 577 g/mol. The Bertz CT molecular complexity index is 1510. The maximum Gasteiger partial charge on any atom is 0.416 e. The van der Waals surface area contributed by atoms with Gasteiger partial charge in [-0.25, -0.2) is 4.68 Å². The lowest BCUT2D eigenvalue weighted by molar-refractivity contribution is -0.201. The van der Waals surface area contributed by atoms with Crippen LogP contribution in [0.4, 0.5) is 26.3 Å². The number of hydrogen-bond acceptors (Lipinski definition) is 6. The van der Waals surface area contributed by atoms with Gasteiger partial charge in [0, 0.05) is 25.2 Å². The predicted octanol–water partition coefficient (Wildman–Crippen LogP) is 5.00. The number of nitrogens with one attached hydrogen (secondary N) is 2. The highest BCUT2D eigenvalue weighted by Crippen LogP contribution is 2.49. The number of rotatable bonds is 8. The van der Waals surface area contributed by atoms with E-state index in [0.29, 0.717) is 11.3 Å². The molecule has 1 aliphatic heterocycles. The Hall–Kier alpha value is -4.69. The van der Waals surface area contributed by atoms with Crippen LogP contribution in [0, 0.1) is 0 Å². The largest absolute Gasteiger partial charge is 0.494 e. The van der Waals surface area contributed by atoms with Crippen molar-refractivity contribution in [3.8, 4) is 11.4 Å². The van der Waals surface area contributed by atoms with Gasteiger partial charge in [0.1, 0.15) is 5.75 Å². The number of carbonyl (C=O) groups is 1. The minimum Gasteiger partial charge on any atom is -0.494 e. The Morgan fingerprint density at radius 1 is 1.00 bits per heavy atom. The highest BCUT2D eigenvalue weighted by molar-refractivity contribution is 6.27. The quantitative estimate of drug-likeness (QED) is 0.226. The van der Waals surface area contributed by atoms with Crippen molar-refractivity contribution in [3.63, 3.8) is 0 Å². The van der Waals surface area contributed by atoms with E-state index in [2.05, 4.69) is 31.0 Å². The third-order valence-corrected chi connectivity index (χ3v) is 6.56. The highest BCUT2D eigenvalue weighted by atomic mass is 19.4. The van der Waals surface area contributed by atoms with Crippen LogP contribution in [-0.4, -0.2) is 55.3 Å². The second-order valence-electron chi connectivity index (χ2n) is 9.21. The van der Waals surface area contributed by atoms with Crippen LogP contribution in [-0.2, 0) is 10.3 Å². The molecule has 41 heavy (non-hydrogen) atoms. The summed E-state index contributed by atoms with van der Waals surface area (Å²) in [6.45, 7) is -0.268. The Labute approximate surface area is 228 Å². The van der Waals surface area contributed by atoms with E-state index in [9.17, 15) is 31.1 Å². The molecule has 0 saturated heterocycles. The Kier molecular flexibility index (Phi) is 7.28. The number of aromatic nitrogens is 6. The zero-order chi connectivity index (χ0) is 29.3. The fourth-order valence-corrected chi connectivity index (χ4v) is 4.59. The molecule has 9 nitrogen and oxygen atoms in total. The molecule has 0 radical (unpaired) electrons. The predicted molar refractivity (Wildman–Crippen MR) is 132 cm³/mol. The van der Waals surface area contributed by atoms with Gasteiger partial charge in [-0.2, -0.15) is 36.7 Å². The summed E-state index contributed by atoms with van der Waals surface area (Å²) in [7, 11) is 0. The molecule has 15 heteroatoms. The van der Waals surface area contributed by atoms with Gasteiger partial charge in [0.05, 0.1) is 17.9 Å². The summed E-state index contributed by atoms with van der Waals surface area (Å²) >= 11 is 0. The van der Waals surface area contributed by atoms with Gasteiger partial charge in [-0.3, -0.25) is 4.79 Å². The van der Waals surface area contributed by atoms with Gasteiger partial charge >= 0.3 is 12.4 Å². The number of aromatic amines is 1. The summed E-state index contributed by atoms with van der Waals surface area (Å²) < 4.78 is 88.6. The van der Waals surface area contributed by atoms with Crippen molar-refractivity contribution in [3.05, 3.63) is 83.9 Å². The molecule has 2 N–H and O–H groups in total. The van der Waals surface area contributed by atoms with E-state index in [0.717, 1.165) is 12.1 Å². The third kappa shape index (κ3) is 5.78. The van der Waals surface area contributed by atoms with Crippen molar-refractivity contribution < 1.29 is 35.9 Å². The molecule has 0 fully saturated rings. The Balaban J connectivity index is 1.51. The fourth-order valence-electron chi connectivity index (χ4n) is 4.59. The van der Waals surface area contributed by atoms with Crippen LogP contribution >= 0.6 is 0 Å². The number of hydrogen-bond donors (Lipinski definition) is 2. The lowest BCUT2D eigenvalue weighted by Gasteiger charge is -2.41. The molecule has 2 aromatic heterocycles. The van der Waals surface area contributed by atoms with Gasteiger partial charge in [-0.05, 0) is 58.7 Å². The van der Waals surface area contributed by atoms with Gasteiger partial charge in [-0.1, -0.05) is 24.3 Å². The maximum atomic E-state index is 14.9. The van der Waals surface area contributed by atoms with Crippen molar-refractivity contribution in [2.75, 3.05) is 6.61 Å². The normalized spacial score (nSPS) is 18.0. The molecule has 3 heterocycles.